The van der Waals surface area contributed by atoms with E-state index in [9.17, 15) is 0 Å². The molecule has 0 amide bonds. The quantitative estimate of drug-likeness (QED) is 0.719. The largest absolute Gasteiger partial charge is 0.479 e. The monoisotopic (exact) mass is 262 g/mol. The fraction of sp³-hybridized carbons (Fsp3) is 0.0588. The Hall–Kier alpha value is -2.68. The maximum atomic E-state index is 5.32. The van der Waals surface area contributed by atoms with Crippen molar-refractivity contribution in [3.8, 4) is 28.4 Å². The number of aromatic nitrogens is 2. The number of benzene rings is 2. The molecule has 1 aromatic heterocycles. The van der Waals surface area contributed by atoms with E-state index in [0.717, 1.165) is 22.5 Å². The molecule has 0 N–H and O–H groups in total. The van der Waals surface area contributed by atoms with Crippen LogP contribution in [0.25, 0.3) is 22.5 Å². The fourth-order valence-corrected chi connectivity index (χ4v) is 2.06. The highest BCUT2D eigenvalue weighted by atomic mass is 16.5. The number of hydrogen-bond donors (Lipinski definition) is 0. The Morgan fingerprint density at radius 1 is 0.800 bits per heavy atom. The van der Waals surface area contributed by atoms with Crippen LogP contribution in [-0.2, 0) is 0 Å². The van der Waals surface area contributed by atoms with Gasteiger partial charge in [0.15, 0.2) is 0 Å². The molecule has 0 saturated heterocycles. The molecule has 0 fully saturated rings. The molecule has 1 heterocycles. The number of methoxy groups -OCH3 is 1. The first-order chi connectivity index (χ1) is 9.88. The Labute approximate surface area is 117 Å². The van der Waals surface area contributed by atoms with Crippen molar-refractivity contribution < 1.29 is 4.74 Å². The molecule has 20 heavy (non-hydrogen) atoms. The summed E-state index contributed by atoms with van der Waals surface area (Å²) in [5.41, 5.74) is 3.63. The Kier molecular flexibility index (Phi) is 3.42. The van der Waals surface area contributed by atoms with Gasteiger partial charge in [-0.1, -0.05) is 60.7 Å². The summed E-state index contributed by atoms with van der Waals surface area (Å²) in [6.07, 6.45) is 1.74. The summed E-state index contributed by atoms with van der Waals surface area (Å²) in [6.45, 7) is 0. The fourth-order valence-electron chi connectivity index (χ4n) is 2.06. The van der Waals surface area contributed by atoms with Gasteiger partial charge in [0.1, 0.15) is 5.69 Å². The Balaban J connectivity index is 2.13. The predicted octanol–water partition coefficient (Wildman–Crippen LogP) is 3.82. The van der Waals surface area contributed by atoms with Crippen molar-refractivity contribution in [2.24, 2.45) is 0 Å². The molecule has 0 radical (unpaired) electrons. The molecule has 0 saturated carbocycles. The molecule has 3 nitrogen and oxygen atoms in total. The summed E-state index contributed by atoms with van der Waals surface area (Å²) in [4.78, 5) is 9.06. The highest BCUT2D eigenvalue weighted by molar-refractivity contribution is 5.68. The van der Waals surface area contributed by atoms with Crippen molar-refractivity contribution >= 4 is 0 Å². The summed E-state index contributed by atoms with van der Waals surface area (Å²) >= 11 is 0. The lowest BCUT2D eigenvalue weighted by molar-refractivity contribution is 0.398. The van der Waals surface area contributed by atoms with Crippen LogP contribution >= 0.6 is 0 Å². The smallest absolute Gasteiger partial charge is 0.240 e. The lowest BCUT2D eigenvalue weighted by Crippen LogP contribution is -1.96. The van der Waals surface area contributed by atoms with Crippen LogP contribution in [0.4, 0.5) is 0 Å². The van der Waals surface area contributed by atoms with Gasteiger partial charge in [0.25, 0.3) is 0 Å². The van der Waals surface area contributed by atoms with Gasteiger partial charge in [0.2, 0.25) is 5.88 Å². The second-order valence-electron chi connectivity index (χ2n) is 4.35. The van der Waals surface area contributed by atoms with Crippen molar-refractivity contribution in [1.29, 1.82) is 0 Å². The normalized spacial score (nSPS) is 10.2. The Morgan fingerprint density at radius 2 is 1.40 bits per heavy atom. The number of nitrogens with zero attached hydrogens (tertiary/aromatic N) is 2. The molecule has 3 rings (SSSR count). The summed E-state index contributed by atoms with van der Waals surface area (Å²) in [7, 11) is 1.61. The van der Waals surface area contributed by atoms with E-state index < -0.39 is 0 Å². The van der Waals surface area contributed by atoms with Crippen LogP contribution in [0.15, 0.2) is 66.9 Å². The van der Waals surface area contributed by atoms with Crippen molar-refractivity contribution in [3.05, 3.63) is 66.9 Å². The predicted molar refractivity (Wildman–Crippen MR) is 79.5 cm³/mol. The van der Waals surface area contributed by atoms with E-state index in [1.807, 2.05) is 60.7 Å². The average Bonchev–Trinajstić information content (AvgIpc) is 2.56. The molecule has 0 aliphatic carbocycles. The molecule has 0 unspecified atom stereocenters. The SMILES string of the molecule is COc1ncc(-c2ccccc2)nc1-c1ccccc1. The highest BCUT2D eigenvalue weighted by Gasteiger charge is 2.11. The van der Waals surface area contributed by atoms with Gasteiger partial charge in [0.05, 0.1) is 19.0 Å². The molecule has 0 atom stereocenters. The third-order valence-corrected chi connectivity index (χ3v) is 3.05. The number of rotatable bonds is 3. The third kappa shape index (κ3) is 2.38. The minimum Gasteiger partial charge on any atom is -0.479 e. The van der Waals surface area contributed by atoms with Crippen LogP contribution in [-0.4, -0.2) is 17.1 Å². The number of hydrogen-bond acceptors (Lipinski definition) is 3. The first kappa shape index (κ1) is 12.4. The van der Waals surface area contributed by atoms with Gasteiger partial charge in [0, 0.05) is 11.1 Å². The highest BCUT2D eigenvalue weighted by Crippen LogP contribution is 2.28. The van der Waals surface area contributed by atoms with Gasteiger partial charge >= 0.3 is 0 Å². The van der Waals surface area contributed by atoms with Crippen molar-refractivity contribution in [2.45, 2.75) is 0 Å². The van der Waals surface area contributed by atoms with E-state index in [2.05, 4.69) is 4.98 Å². The topological polar surface area (TPSA) is 35.0 Å². The zero-order chi connectivity index (χ0) is 13.8. The number of ether oxygens (including phenoxy) is 1. The Morgan fingerprint density at radius 3 is 2.00 bits per heavy atom. The minimum atomic E-state index is 0.538. The van der Waals surface area contributed by atoms with Gasteiger partial charge in [-0.15, -0.1) is 0 Å². The van der Waals surface area contributed by atoms with E-state index in [1.54, 1.807) is 13.3 Å². The van der Waals surface area contributed by atoms with Crippen molar-refractivity contribution in [1.82, 2.24) is 9.97 Å². The molecule has 0 aliphatic rings. The first-order valence-electron chi connectivity index (χ1n) is 6.40. The summed E-state index contributed by atoms with van der Waals surface area (Å²) < 4.78 is 5.32. The van der Waals surface area contributed by atoms with Crippen LogP contribution in [0.2, 0.25) is 0 Å². The second kappa shape index (κ2) is 5.53. The van der Waals surface area contributed by atoms with Crippen LogP contribution in [0.1, 0.15) is 0 Å². The molecular formula is C17H14N2O. The third-order valence-electron chi connectivity index (χ3n) is 3.05. The van der Waals surface area contributed by atoms with Gasteiger partial charge in [-0.25, -0.2) is 9.97 Å². The van der Waals surface area contributed by atoms with Crippen molar-refractivity contribution in [2.75, 3.05) is 7.11 Å². The van der Waals surface area contributed by atoms with E-state index in [-0.39, 0.29) is 0 Å². The van der Waals surface area contributed by atoms with Gasteiger partial charge in [-0.3, -0.25) is 0 Å². The van der Waals surface area contributed by atoms with Crippen LogP contribution < -0.4 is 4.74 Å². The second-order valence-corrected chi connectivity index (χ2v) is 4.35. The standard InChI is InChI=1S/C17H14N2O/c1-20-17-16(14-10-6-3-7-11-14)19-15(12-18-17)13-8-4-2-5-9-13/h2-12H,1H3. The van der Waals surface area contributed by atoms with Gasteiger partial charge in [-0.05, 0) is 0 Å². The molecule has 2 aromatic carbocycles. The maximum Gasteiger partial charge on any atom is 0.240 e. The molecular weight excluding hydrogens is 248 g/mol. The lowest BCUT2D eigenvalue weighted by Gasteiger charge is -2.09. The van der Waals surface area contributed by atoms with E-state index in [4.69, 9.17) is 9.72 Å². The molecule has 0 bridgehead atoms. The van der Waals surface area contributed by atoms with E-state index >= 15 is 0 Å². The molecule has 98 valence electrons. The van der Waals surface area contributed by atoms with Gasteiger partial charge in [-0.2, -0.15) is 0 Å². The molecule has 0 spiro atoms. The zero-order valence-corrected chi connectivity index (χ0v) is 11.2. The van der Waals surface area contributed by atoms with Gasteiger partial charge < -0.3 is 4.74 Å². The summed E-state index contributed by atoms with van der Waals surface area (Å²) in [6, 6.07) is 19.9. The van der Waals surface area contributed by atoms with Crippen LogP contribution in [0.5, 0.6) is 5.88 Å². The molecule has 3 heteroatoms. The Bertz CT molecular complexity index is 697. The zero-order valence-electron chi connectivity index (χ0n) is 11.2. The summed E-state index contributed by atoms with van der Waals surface area (Å²) in [5, 5.41) is 0. The molecule has 0 aliphatic heterocycles. The average molecular weight is 262 g/mol. The van der Waals surface area contributed by atoms with Crippen molar-refractivity contribution in [3.63, 3.8) is 0 Å². The minimum absolute atomic E-state index is 0.538. The summed E-state index contributed by atoms with van der Waals surface area (Å²) in [5.74, 6) is 0.538. The van der Waals surface area contributed by atoms with Crippen LogP contribution in [0, 0.1) is 0 Å². The first-order valence-corrected chi connectivity index (χ1v) is 6.40. The molecule has 3 aromatic rings. The lowest BCUT2D eigenvalue weighted by atomic mass is 10.1. The maximum absolute atomic E-state index is 5.32. The van der Waals surface area contributed by atoms with E-state index in [1.165, 1.54) is 0 Å². The van der Waals surface area contributed by atoms with E-state index in [0.29, 0.717) is 5.88 Å². The van der Waals surface area contributed by atoms with Crippen LogP contribution in [0.3, 0.4) is 0 Å².